The molecule has 1 aliphatic rings. The average molecular weight is 258 g/mol. The Morgan fingerprint density at radius 3 is 3.00 bits per heavy atom. The van der Waals surface area contributed by atoms with E-state index < -0.39 is 0 Å². The van der Waals surface area contributed by atoms with Crippen LogP contribution in [0.5, 0.6) is 0 Å². The molecule has 3 rings (SSSR count). The van der Waals surface area contributed by atoms with E-state index in [0.717, 1.165) is 25.0 Å². The molecule has 0 amide bonds. The third-order valence-electron chi connectivity index (χ3n) is 3.64. The Morgan fingerprint density at radius 2 is 2.22 bits per heavy atom. The monoisotopic (exact) mass is 258 g/mol. The highest BCUT2D eigenvalue weighted by molar-refractivity contribution is 7.11. The zero-order valence-corrected chi connectivity index (χ0v) is 11.5. The summed E-state index contributed by atoms with van der Waals surface area (Å²) in [7, 11) is 0. The van der Waals surface area contributed by atoms with E-state index in [2.05, 4.69) is 31.2 Å². The van der Waals surface area contributed by atoms with Crippen molar-refractivity contribution in [2.45, 2.75) is 38.6 Å². The molecule has 1 heterocycles. The molecule has 0 aliphatic heterocycles. The maximum atomic E-state index is 6.13. The lowest BCUT2D eigenvalue weighted by Gasteiger charge is -2.15. The highest BCUT2D eigenvalue weighted by atomic mass is 32.1. The Hall–Kier alpha value is -1.19. The van der Waals surface area contributed by atoms with Crippen molar-refractivity contribution in [1.29, 1.82) is 0 Å². The van der Waals surface area contributed by atoms with E-state index >= 15 is 0 Å². The van der Waals surface area contributed by atoms with Gasteiger partial charge in [-0.05, 0) is 37.3 Å². The smallest absolute Gasteiger partial charge is 0.0975 e. The molecule has 18 heavy (non-hydrogen) atoms. The maximum absolute atomic E-state index is 6.13. The van der Waals surface area contributed by atoms with Gasteiger partial charge in [-0.2, -0.15) is 0 Å². The molecule has 0 saturated heterocycles. The van der Waals surface area contributed by atoms with Crippen LogP contribution in [0, 0.1) is 6.92 Å². The number of aryl methyl sites for hydroxylation is 2. The maximum Gasteiger partial charge on any atom is 0.0975 e. The van der Waals surface area contributed by atoms with E-state index in [1.807, 2.05) is 11.3 Å². The van der Waals surface area contributed by atoms with E-state index in [9.17, 15) is 0 Å². The van der Waals surface area contributed by atoms with Gasteiger partial charge in [0.15, 0.2) is 0 Å². The number of aromatic nitrogens is 1. The summed E-state index contributed by atoms with van der Waals surface area (Å²) in [5.74, 6) is 0. The van der Waals surface area contributed by atoms with Crippen molar-refractivity contribution >= 4 is 11.3 Å². The number of rotatable bonds is 2. The number of hydrogen-bond acceptors (Lipinski definition) is 3. The third kappa shape index (κ3) is 2.20. The van der Waals surface area contributed by atoms with Crippen molar-refractivity contribution in [2.24, 2.45) is 5.73 Å². The van der Waals surface area contributed by atoms with Gasteiger partial charge in [-0.1, -0.05) is 24.3 Å². The third-order valence-corrected chi connectivity index (χ3v) is 4.78. The van der Waals surface area contributed by atoms with E-state index in [0.29, 0.717) is 0 Å². The Balaban J connectivity index is 1.88. The Kier molecular flexibility index (Phi) is 3.18. The summed E-state index contributed by atoms with van der Waals surface area (Å²) in [4.78, 5) is 6.18. The summed E-state index contributed by atoms with van der Waals surface area (Å²) in [5.41, 5.74) is 10.0. The lowest BCUT2D eigenvalue weighted by molar-refractivity contribution is 0.562. The number of thiazole rings is 1. The fourth-order valence-electron chi connectivity index (χ4n) is 2.55. The first-order valence-corrected chi connectivity index (χ1v) is 7.34. The first-order chi connectivity index (χ1) is 8.74. The molecule has 94 valence electrons. The molecule has 2 N–H and O–H groups in total. The Bertz CT molecular complexity index is 559. The van der Waals surface area contributed by atoms with Gasteiger partial charge in [0.2, 0.25) is 0 Å². The minimum atomic E-state index is 0.163. The summed E-state index contributed by atoms with van der Waals surface area (Å²) in [6.07, 6.45) is 4.40. The first-order valence-electron chi connectivity index (χ1n) is 6.52. The van der Waals surface area contributed by atoms with E-state index in [1.165, 1.54) is 27.4 Å². The fourth-order valence-corrected chi connectivity index (χ4v) is 3.75. The fraction of sp³-hybridized carbons (Fsp3) is 0.400. The van der Waals surface area contributed by atoms with Crippen molar-refractivity contribution in [3.05, 3.63) is 51.0 Å². The molecule has 0 saturated carbocycles. The van der Waals surface area contributed by atoms with Gasteiger partial charge in [-0.3, -0.25) is 0 Å². The summed E-state index contributed by atoms with van der Waals surface area (Å²) in [6, 6.07) is 8.70. The Labute approximate surface area is 112 Å². The van der Waals surface area contributed by atoms with Crippen LogP contribution in [-0.4, -0.2) is 4.98 Å². The standard InChI is InChI=1S/C15H18N2S/c1-10-5-2-3-6-11(10)9-14-17-15-12(16)7-4-8-13(15)18-14/h2-3,5-6,12H,4,7-9,16H2,1H3. The van der Waals surface area contributed by atoms with Gasteiger partial charge in [0.25, 0.3) is 0 Å². The number of hydrogen-bond donors (Lipinski definition) is 1. The van der Waals surface area contributed by atoms with E-state index in [1.54, 1.807) is 0 Å². The van der Waals surface area contributed by atoms with E-state index in [-0.39, 0.29) is 6.04 Å². The molecule has 0 spiro atoms. The Morgan fingerprint density at radius 1 is 1.39 bits per heavy atom. The molecule has 1 aliphatic carbocycles. The van der Waals surface area contributed by atoms with Crippen LogP contribution in [0.4, 0.5) is 0 Å². The van der Waals surface area contributed by atoms with Gasteiger partial charge in [-0.15, -0.1) is 11.3 Å². The molecule has 1 aromatic carbocycles. The predicted octanol–water partition coefficient (Wildman–Crippen LogP) is 3.38. The predicted molar refractivity (Wildman–Crippen MR) is 76.0 cm³/mol. The average Bonchev–Trinajstić information content (AvgIpc) is 2.76. The van der Waals surface area contributed by atoms with Gasteiger partial charge in [-0.25, -0.2) is 4.98 Å². The van der Waals surface area contributed by atoms with E-state index in [4.69, 9.17) is 10.7 Å². The lowest BCUT2D eigenvalue weighted by Crippen LogP contribution is -2.16. The molecule has 1 unspecified atom stereocenters. The topological polar surface area (TPSA) is 38.9 Å². The molecule has 0 radical (unpaired) electrons. The van der Waals surface area contributed by atoms with Gasteiger partial charge in [0.05, 0.1) is 10.7 Å². The van der Waals surface area contributed by atoms with Crippen LogP contribution in [0.2, 0.25) is 0 Å². The van der Waals surface area contributed by atoms with Gasteiger partial charge >= 0.3 is 0 Å². The lowest BCUT2D eigenvalue weighted by atomic mass is 9.99. The van der Waals surface area contributed by atoms with Crippen LogP contribution in [0.1, 0.15) is 45.6 Å². The van der Waals surface area contributed by atoms with Crippen LogP contribution in [0.15, 0.2) is 24.3 Å². The number of fused-ring (bicyclic) bond motifs is 1. The summed E-state index contributed by atoms with van der Waals surface area (Å²) >= 11 is 1.85. The van der Waals surface area contributed by atoms with Crippen LogP contribution in [-0.2, 0) is 12.8 Å². The summed E-state index contributed by atoms with van der Waals surface area (Å²) in [6.45, 7) is 2.16. The number of nitrogens with two attached hydrogens (primary N) is 1. The van der Waals surface area contributed by atoms with Gasteiger partial charge in [0.1, 0.15) is 0 Å². The molecule has 3 heteroatoms. The highest BCUT2D eigenvalue weighted by Crippen LogP contribution is 2.32. The van der Waals surface area contributed by atoms with Gasteiger partial charge < -0.3 is 5.73 Å². The largest absolute Gasteiger partial charge is 0.323 e. The quantitative estimate of drug-likeness (QED) is 0.897. The second kappa shape index (κ2) is 4.82. The first kappa shape index (κ1) is 11.9. The number of benzene rings is 1. The van der Waals surface area contributed by atoms with Crippen LogP contribution >= 0.6 is 11.3 Å². The molecular weight excluding hydrogens is 240 g/mol. The van der Waals surface area contributed by atoms with Crippen molar-refractivity contribution < 1.29 is 0 Å². The zero-order chi connectivity index (χ0) is 12.5. The van der Waals surface area contributed by atoms with Crippen molar-refractivity contribution in [3.63, 3.8) is 0 Å². The minimum absolute atomic E-state index is 0.163. The molecule has 1 aromatic heterocycles. The molecule has 0 bridgehead atoms. The van der Waals surface area contributed by atoms with Crippen molar-refractivity contribution in [3.8, 4) is 0 Å². The molecule has 1 atom stereocenters. The van der Waals surface area contributed by atoms with Crippen molar-refractivity contribution in [1.82, 2.24) is 4.98 Å². The second-order valence-corrected chi connectivity index (χ2v) is 6.19. The molecular formula is C15H18N2S. The summed E-state index contributed by atoms with van der Waals surface area (Å²) < 4.78 is 0. The van der Waals surface area contributed by atoms with Crippen molar-refractivity contribution in [2.75, 3.05) is 0 Å². The normalized spacial score (nSPS) is 18.7. The van der Waals surface area contributed by atoms with Crippen LogP contribution < -0.4 is 5.73 Å². The van der Waals surface area contributed by atoms with Crippen LogP contribution in [0.25, 0.3) is 0 Å². The molecule has 0 fully saturated rings. The SMILES string of the molecule is Cc1ccccc1Cc1nc2c(s1)CCCC2N. The highest BCUT2D eigenvalue weighted by Gasteiger charge is 2.21. The minimum Gasteiger partial charge on any atom is -0.323 e. The van der Waals surface area contributed by atoms with Crippen LogP contribution in [0.3, 0.4) is 0 Å². The number of nitrogens with zero attached hydrogens (tertiary/aromatic N) is 1. The van der Waals surface area contributed by atoms with Gasteiger partial charge in [0, 0.05) is 17.3 Å². The molecule has 2 nitrogen and oxygen atoms in total. The zero-order valence-electron chi connectivity index (χ0n) is 10.6. The molecule has 2 aromatic rings. The second-order valence-electron chi connectivity index (χ2n) is 5.02. The summed E-state index contributed by atoms with van der Waals surface area (Å²) in [5, 5.41) is 1.21.